The van der Waals surface area contributed by atoms with E-state index in [4.69, 9.17) is 4.52 Å². The highest BCUT2D eigenvalue weighted by atomic mass is 31.2. The summed E-state index contributed by atoms with van der Waals surface area (Å²) in [6, 6.07) is 24.5. The van der Waals surface area contributed by atoms with E-state index in [9.17, 15) is 4.79 Å². The molecule has 0 unspecified atom stereocenters. The normalized spacial score (nSPS) is 11.2. The van der Waals surface area contributed by atoms with Gasteiger partial charge in [-0.15, -0.1) is 0 Å². The molecule has 0 spiro atoms. The van der Waals surface area contributed by atoms with Crippen LogP contribution in [-0.4, -0.2) is 13.0 Å². The van der Waals surface area contributed by atoms with Gasteiger partial charge in [0, 0.05) is 0 Å². The van der Waals surface area contributed by atoms with Crippen LogP contribution in [0.15, 0.2) is 72.8 Å². The summed E-state index contributed by atoms with van der Waals surface area (Å²) in [5, 5.41) is 2.30. The summed E-state index contributed by atoms with van der Waals surface area (Å²) in [6.07, 6.45) is 0.893. The zero-order chi connectivity index (χ0) is 17.9. The monoisotopic (exact) mass is 349 g/mol. The molecule has 0 aliphatic carbocycles. The second-order valence-electron chi connectivity index (χ2n) is 6.30. The maximum Gasteiger partial charge on any atom is 0.252 e. The number of carbonyl (C=O) groups is 1. The summed E-state index contributed by atoms with van der Waals surface area (Å²) >= 11 is 0. The summed E-state index contributed by atoms with van der Waals surface area (Å²) in [5.74, 6) is 0.663. The molecule has 0 amide bonds. The van der Waals surface area contributed by atoms with Gasteiger partial charge in [0.25, 0.3) is 7.49 Å². The van der Waals surface area contributed by atoms with E-state index in [1.54, 1.807) is 0 Å². The molecule has 3 rings (SSSR count). The zero-order valence-electron chi connectivity index (χ0n) is 14.8. The zero-order valence-corrected chi connectivity index (χ0v) is 15.7. The van der Waals surface area contributed by atoms with Gasteiger partial charge in [0.2, 0.25) is 0 Å². The molecule has 3 aromatic rings. The minimum absolute atomic E-state index is 0.628. The maximum atomic E-state index is 11.7. The number of aryl methyl sites for hydroxylation is 2. The molecule has 0 bridgehead atoms. The van der Waals surface area contributed by atoms with Crippen LogP contribution in [0.1, 0.15) is 21.5 Å². The minimum Gasteiger partial charge on any atom is -0.339 e. The smallest absolute Gasteiger partial charge is 0.252 e. The summed E-state index contributed by atoms with van der Waals surface area (Å²) in [7, 11) is -2.13. The number of hydrogen-bond acceptors (Lipinski definition) is 2. The molecule has 0 aliphatic rings. The van der Waals surface area contributed by atoms with Crippen molar-refractivity contribution >= 4 is 24.4 Å². The van der Waals surface area contributed by atoms with Crippen LogP contribution in [0.4, 0.5) is 0 Å². The third kappa shape index (κ3) is 3.50. The van der Waals surface area contributed by atoms with E-state index in [2.05, 4.69) is 30.9 Å². The Hall–Kier alpha value is -2.44. The highest BCUT2D eigenvalue weighted by Crippen LogP contribution is 2.54. The lowest BCUT2D eigenvalue weighted by atomic mass is 10.1. The van der Waals surface area contributed by atoms with Crippen LogP contribution < -0.4 is 15.1 Å². The molecule has 25 heavy (non-hydrogen) atoms. The Bertz CT molecular complexity index is 834. The molecule has 0 N–H and O–H groups in total. The van der Waals surface area contributed by atoms with Crippen LogP contribution >= 0.6 is 7.49 Å². The van der Waals surface area contributed by atoms with E-state index < -0.39 is 7.49 Å². The van der Waals surface area contributed by atoms with Crippen LogP contribution in [0.2, 0.25) is 0 Å². The van der Waals surface area contributed by atoms with Crippen LogP contribution in [0.25, 0.3) is 0 Å². The first kappa shape index (κ1) is 17.4. The Labute approximate surface area is 149 Å². The van der Waals surface area contributed by atoms with E-state index >= 15 is 0 Å². The molecule has 0 saturated heterocycles. The van der Waals surface area contributed by atoms with E-state index in [1.165, 1.54) is 0 Å². The Morgan fingerprint density at radius 2 is 1.36 bits per heavy atom. The topological polar surface area (TPSA) is 26.3 Å². The first-order valence-corrected chi connectivity index (χ1v) is 10.4. The molecule has 3 heteroatoms. The van der Waals surface area contributed by atoms with Crippen molar-refractivity contribution in [1.82, 2.24) is 0 Å². The molecular weight excluding hydrogens is 327 g/mol. The Kier molecular flexibility index (Phi) is 5.01. The third-order valence-electron chi connectivity index (χ3n) is 4.39. The standard InChI is InChI=1S/C22H22O2P/c1-17-14-18(2)21(16-23)22(15-17)24-25(3,19-10-6-4-7-11-19)20-12-8-5-9-13-20/h4-16H,1-3H3/q+1. The molecule has 126 valence electrons. The molecule has 0 atom stereocenters. The lowest BCUT2D eigenvalue weighted by molar-refractivity contribution is 0.112. The van der Waals surface area contributed by atoms with Crippen molar-refractivity contribution in [3.63, 3.8) is 0 Å². The summed E-state index contributed by atoms with van der Waals surface area (Å²) in [6.45, 7) is 6.13. The predicted octanol–water partition coefficient (Wildman–Crippen LogP) is 4.71. The van der Waals surface area contributed by atoms with Crippen molar-refractivity contribution in [3.05, 3.63) is 89.5 Å². The van der Waals surface area contributed by atoms with Crippen LogP contribution in [0.3, 0.4) is 0 Å². The molecule has 0 aromatic heterocycles. The molecule has 0 radical (unpaired) electrons. The van der Waals surface area contributed by atoms with Gasteiger partial charge in [0.05, 0.1) is 12.2 Å². The lowest BCUT2D eigenvalue weighted by Crippen LogP contribution is -2.26. The number of rotatable bonds is 5. The van der Waals surface area contributed by atoms with Crippen molar-refractivity contribution in [3.8, 4) is 5.75 Å². The van der Waals surface area contributed by atoms with E-state index in [0.29, 0.717) is 11.3 Å². The van der Waals surface area contributed by atoms with Crippen LogP contribution in [0.5, 0.6) is 5.75 Å². The van der Waals surface area contributed by atoms with Gasteiger partial charge in [-0.1, -0.05) is 42.5 Å². The highest BCUT2D eigenvalue weighted by molar-refractivity contribution is 7.85. The van der Waals surface area contributed by atoms with Gasteiger partial charge < -0.3 is 4.52 Å². The molecule has 0 saturated carbocycles. The fourth-order valence-electron chi connectivity index (χ4n) is 3.04. The molecule has 0 fully saturated rings. The number of hydrogen-bond donors (Lipinski definition) is 0. The van der Waals surface area contributed by atoms with E-state index in [-0.39, 0.29) is 0 Å². The van der Waals surface area contributed by atoms with E-state index in [0.717, 1.165) is 28.0 Å². The first-order chi connectivity index (χ1) is 12.0. The molecule has 3 aromatic carbocycles. The van der Waals surface area contributed by atoms with Gasteiger partial charge in [-0.3, -0.25) is 4.79 Å². The average molecular weight is 349 g/mol. The largest absolute Gasteiger partial charge is 0.339 e. The fourth-order valence-corrected chi connectivity index (χ4v) is 5.58. The van der Waals surface area contributed by atoms with Crippen molar-refractivity contribution in [2.75, 3.05) is 6.66 Å². The second-order valence-corrected chi connectivity index (χ2v) is 9.36. The highest BCUT2D eigenvalue weighted by Gasteiger charge is 2.41. The molecule has 2 nitrogen and oxygen atoms in total. The van der Waals surface area contributed by atoms with Crippen LogP contribution in [0, 0.1) is 13.8 Å². The minimum atomic E-state index is -2.13. The maximum absolute atomic E-state index is 11.7. The van der Waals surface area contributed by atoms with Crippen molar-refractivity contribution in [2.45, 2.75) is 13.8 Å². The van der Waals surface area contributed by atoms with Gasteiger partial charge >= 0.3 is 0 Å². The van der Waals surface area contributed by atoms with Crippen molar-refractivity contribution in [1.29, 1.82) is 0 Å². The second kappa shape index (κ2) is 7.21. The lowest BCUT2D eigenvalue weighted by Gasteiger charge is -2.23. The number of aldehydes is 1. The quantitative estimate of drug-likeness (QED) is 0.493. The van der Waals surface area contributed by atoms with Crippen LogP contribution in [-0.2, 0) is 0 Å². The third-order valence-corrected chi connectivity index (χ3v) is 7.52. The summed E-state index contributed by atoms with van der Waals surface area (Å²) in [4.78, 5) is 11.7. The van der Waals surface area contributed by atoms with Crippen molar-refractivity contribution in [2.24, 2.45) is 0 Å². The predicted molar refractivity (Wildman–Crippen MR) is 107 cm³/mol. The average Bonchev–Trinajstić information content (AvgIpc) is 2.63. The van der Waals surface area contributed by atoms with Crippen molar-refractivity contribution < 1.29 is 9.32 Å². The summed E-state index contributed by atoms with van der Waals surface area (Å²) in [5.41, 5.74) is 2.66. The SMILES string of the molecule is Cc1cc(C)c(C=O)c(O[P+](C)(c2ccccc2)c2ccccc2)c1. The Morgan fingerprint density at radius 3 is 1.84 bits per heavy atom. The van der Waals surface area contributed by atoms with Gasteiger partial charge in [-0.05, 0) is 55.3 Å². The first-order valence-electron chi connectivity index (χ1n) is 8.28. The van der Waals surface area contributed by atoms with Gasteiger partial charge in [-0.2, -0.15) is 0 Å². The van der Waals surface area contributed by atoms with Gasteiger partial charge in [-0.25, -0.2) is 0 Å². The number of benzene rings is 3. The molecule has 0 heterocycles. The Balaban J connectivity index is 2.17. The fraction of sp³-hybridized carbons (Fsp3) is 0.136. The summed E-state index contributed by atoms with van der Waals surface area (Å²) < 4.78 is 6.64. The molecule has 0 aliphatic heterocycles. The van der Waals surface area contributed by atoms with E-state index in [1.807, 2.05) is 62.4 Å². The van der Waals surface area contributed by atoms with Gasteiger partial charge in [0.15, 0.2) is 12.0 Å². The van der Waals surface area contributed by atoms with Gasteiger partial charge in [0.1, 0.15) is 10.6 Å². The number of carbonyl (C=O) groups excluding carboxylic acids is 1. The Morgan fingerprint density at radius 1 is 0.840 bits per heavy atom. The molecular formula is C22H22O2P+.